The number of nitrogens with zero attached hydrogens (tertiary/aromatic N) is 1. The fourth-order valence-corrected chi connectivity index (χ4v) is 3.33. The molecule has 0 saturated heterocycles. The Morgan fingerprint density at radius 3 is 2.60 bits per heavy atom. The monoisotopic (exact) mass is 311 g/mol. The molecule has 1 aromatic carbocycles. The maximum Gasteiger partial charge on any atom is 0.161 e. The third-order valence-electron chi connectivity index (χ3n) is 3.69. The maximum absolute atomic E-state index is 6.35. The Bertz CT molecular complexity index is 610. The van der Waals surface area contributed by atoms with Crippen LogP contribution < -0.4 is 9.47 Å². The lowest BCUT2D eigenvalue weighted by Gasteiger charge is -2.38. The van der Waals surface area contributed by atoms with Crippen molar-refractivity contribution in [3.8, 4) is 11.5 Å². The van der Waals surface area contributed by atoms with Crippen LogP contribution >= 0.6 is 23.2 Å². The van der Waals surface area contributed by atoms with E-state index < -0.39 is 0 Å². The van der Waals surface area contributed by atoms with Crippen molar-refractivity contribution in [2.75, 3.05) is 20.8 Å². The Morgan fingerprint density at radius 1 is 1.20 bits per heavy atom. The third kappa shape index (κ3) is 2.15. The van der Waals surface area contributed by atoms with Gasteiger partial charge in [0.2, 0.25) is 0 Å². The summed E-state index contributed by atoms with van der Waals surface area (Å²) in [4.78, 5) is 2.14. The minimum absolute atomic E-state index is 0.205. The Hall–Kier alpha value is -1.32. The van der Waals surface area contributed by atoms with E-state index in [9.17, 15) is 0 Å². The molecule has 1 unspecified atom stereocenters. The zero-order valence-corrected chi connectivity index (χ0v) is 12.8. The first-order valence-electron chi connectivity index (χ1n) is 6.39. The number of hydrogen-bond acceptors (Lipinski definition) is 3. The Balaban J connectivity index is 2.14. The standard InChI is InChI=1S/C15H15Cl2NO2/c1-19-13-5-9-3-4-18-12(6-10(16)7-15(18)17)11(9)8-14(13)20-2/h5-8,15H,3-4H2,1-2H3. The molecule has 0 N–H and O–H groups in total. The van der Waals surface area contributed by atoms with E-state index in [0.717, 1.165) is 30.0 Å². The molecule has 106 valence electrons. The lowest BCUT2D eigenvalue weighted by molar-refractivity contribution is 0.351. The number of allylic oxidation sites excluding steroid dienone is 2. The van der Waals surface area contributed by atoms with Crippen molar-refractivity contribution >= 4 is 28.9 Å². The largest absolute Gasteiger partial charge is 0.493 e. The smallest absolute Gasteiger partial charge is 0.161 e. The van der Waals surface area contributed by atoms with Gasteiger partial charge in [0, 0.05) is 22.8 Å². The molecule has 1 atom stereocenters. The Morgan fingerprint density at radius 2 is 1.90 bits per heavy atom. The van der Waals surface area contributed by atoms with Gasteiger partial charge in [0.15, 0.2) is 11.5 Å². The zero-order chi connectivity index (χ0) is 14.3. The molecule has 20 heavy (non-hydrogen) atoms. The van der Waals surface area contributed by atoms with Gasteiger partial charge in [0.05, 0.1) is 14.2 Å². The molecule has 1 aromatic rings. The van der Waals surface area contributed by atoms with Gasteiger partial charge in [-0.3, -0.25) is 0 Å². The summed E-state index contributed by atoms with van der Waals surface area (Å²) in [5.41, 5.74) is 3.16. The van der Waals surface area contributed by atoms with Gasteiger partial charge in [0.25, 0.3) is 0 Å². The highest BCUT2D eigenvalue weighted by molar-refractivity contribution is 6.33. The molecule has 0 aromatic heterocycles. The summed E-state index contributed by atoms with van der Waals surface area (Å²) in [5, 5.41) is 0.666. The summed E-state index contributed by atoms with van der Waals surface area (Å²) in [6, 6.07) is 4.02. The van der Waals surface area contributed by atoms with E-state index in [2.05, 4.69) is 4.90 Å². The number of halogens is 2. The van der Waals surface area contributed by atoms with Crippen LogP contribution in [-0.2, 0) is 6.42 Å². The topological polar surface area (TPSA) is 21.7 Å². The number of benzene rings is 1. The summed E-state index contributed by atoms with van der Waals surface area (Å²) < 4.78 is 10.7. The van der Waals surface area contributed by atoms with Crippen LogP contribution in [0.1, 0.15) is 11.1 Å². The molecule has 0 saturated carbocycles. The molecule has 0 bridgehead atoms. The molecule has 0 aliphatic carbocycles. The van der Waals surface area contributed by atoms with Crippen molar-refractivity contribution in [3.05, 3.63) is 40.4 Å². The van der Waals surface area contributed by atoms with Crippen LogP contribution in [0.25, 0.3) is 5.70 Å². The number of hydrogen-bond donors (Lipinski definition) is 0. The molecule has 2 aliphatic heterocycles. The fraction of sp³-hybridized carbons (Fsp3) is 0.333. The average molecular weight is 312 g/mol. The van der Waals surface area contributed by atoms with Crippen molar-refractivity contribution in [3.63, 3.8) is 0 Å². The molecular formula is C15H15Cl2NO2. The highest BCUT2D eigenvalue weighted by Crippen LogP contribution is 2.41. The van der Waals surface area contributed by atoms with Crippen LogP contribution in [0.5, 0.6) is 11.5 Å². The third-order valence-corrected chi connectivity index (χ3v) is 4.28. The van der Waals surface area contributed by atoms with Crippen LogP contribution in [-0.4, -0.2) is 31.2 Å². The normalized spacial score (nSPS) is 20.6. The number of rotatable bonds is 2. The van der Waals surface area contributed by atoms with E-state index in [1.807, 2.05) is 24.3 Å². The molecule has 5 heteroatoms. The summed E-state index contributed by atoms with van der Waals surface area (Å²) >= 11 is 12.5. The number of ether oxygens (including phenoxy) is 2. The molecular weight excluding hydrogens is 297 g/mol. The first-order chi connectivity index (χ1) is 9.63. The molecule has 2 aliphatic rings. The van der Waals surface area contributed by atoms with Crippen LogP contribution in [0.3, 0.4) is 0 Å². The summed E-state index contributed by atoms with van der Waals surface area (Å²) in [5.74, 6) is 1.46. The van der Waals surface area contributed by atoms with Crippen molar-refractivity contribution in [2.24, 2.45) is 0 Å². The van der Waals surface area contributed by atoms with Gasteiger partial charge in [-0.2, -0.15) is 0 Å². The van der Waals surface area contributed by atoms with Crippen molar-refractivity contribution in [1.29, 1.82) is 0 Å². The molecule has 3 nitrogen and oxygen atoms in total. The van der Waals surface area contributed by atoms with Crippen LogP contribution in [0.4, 0.5) is 0 Å². The molecule has 2 heterocycles. The summed E-state index contributed by atoms with van der Waals surface area (Å²) in [7, 11) is 3.28. The second-order valence-corrected chi connectivity index (χ2v) is 5.65. The minimum Gasteiger partial charge on any atom is -0.493 e. The molecule has 0 amide bonds. The zero-order valence-electron chi connectivity index (χ0n) is 11.3. The van der Waals surface area contributed by atoms with Gasteiger partial charge in [-0.05, 0) is 36.3 Å². The first kappa shape index (κ1) is 13.7. The minimum atomic E-state index is -0.205. The van der Waals surface area contributed by atoms with E-state index in [-0.39, 0.29) is 5.50 Å². The quantitative estimate of drug-likeness (QED) is 0.615. The van der Waals surface area contributed by atoms with Gasteiger partial charge in [-0.1, -0.05) is 23.2 Å². The van der Waals surface area contributed by atoms with E-state index in [4.69, 9.17) is 32.7 Å². The summed E-state index contributed by atoms with van der Waals surface area (Å²) in [6.07, 6.45) is 4.71. The van der Waals surface area contributed by atoms with E-state index >= 15 is 0 Å². The van der Waals surface area contributed by atoms with Crippen molar-refractivity contribution in [2.45, 2.75) is 11.9 Å². The van der Waals surface area contributed by atoms with Gasteiger partial charge >= 0.3 is 0 Å². The van der Waals surface area contributed by atoms with Crippen LogP contribution in [0.15, 0.2) is 29.3 Å². The predicted octanol–water partition coefficient (Wildman–Crippen LogP) is 3.60. The first-order valence-corrected chi connectivity index (χ1v) is 7.20. The lowest BCUT2D eigenvalue weighted by Crippen LogP contribution is -2.36. The van der Waals surface area contributed by atoms with Gasteiger partial charge < -0.3 is 14.4 Å². The number of alkyl halides is 1. The van der Waals surface area contributed by atoms with E-state index in [0.29, 0.717) is 10.8 Å². The van der Waals surface area contributed by atoms with Crippen molar-refractivity contribution in [1.82, 2.24) is 4.90 Å². The highest BCUT2D eigenvalue weighted by atomic mass is 35.5. The van der Waals surface area contributed by atoms with E-state index in [1.165, 1.54) is 5.56 Å². The molecule has 3 rings (SSSR count). The number of methoxy groups -OCH3 is 2. The molecule has 0 spiro atoms. The highest BCUT2D eigenvalue weighted by Gasteiger charge is 2.29. The average Bonchev–Trinajstić information content (AvgIpc) is 2.45. The van der Waals surface area contributed by atoms with Gasteiger partial charge in [0.1, 0.15) is 5.50 Å². The lowest BCUT2D eigenvalue weighted by atomic mass is 9.94. The second-order valence-electron chi connectivity index (χ2n) is 4.76. The SMILES string of the molecule is COc1cc2c(cc1OC)C1=CC(Cl)=CC(Cl)N1CC2. The predicted molar refractivity (Wildman–Crippen MR) is 81.5 cm³/mol. The summed E-state index contributed by atoms with van der Waals surface area (Å²) in [6.45, 7) is 0.864. The number of fused-ring (bicyclic) bond motifs is 3. The van der Waals surface area contributed by atoms with Gasteiger partial charge in [-0.15, -0.1) is 0 Å². The molecule has 0 radical (unpaired) electrons. The Kier molecular flexibility index (Phi) is 3.57. The van der Waals surface area contributed by atoms with Crippen LogP contribution in [0, 0.1) is 0 Å². The van der Waals surface area contributed by atoms with Crippen LogP contribution in [0.2, 0.25) is 0 Å². The van der Waals surface area contributed by atoms with Crippen molar-refractivity contribution < 1.29 is 9.47 Å². The second kappa shape index (κ2) is 5.23. The fourth-order valence-electron chi connectivity index (χ4n) is 2.70. The molecule has 0 fully saturated rings. The maximum atomic E-state index is 6.35. The Labute approximate surface area is 128 Å². The van der Waals surface area contributed by atoms with E-state index in [1.54, 1.807) is 14.2 Å². The van der Waals surface area contributed by atoms with Gasteiger partial charge in [-0.25, -0.2) is 0 Å².